The molecule has 0 bridgehead atoms. The zero-order valence-corrected chi connectivity index (χ0v) is 10.6. The number of allylic oxidation sites excluding steroid dienone is 1. The lowest BCUT2D eigenvalue weighted by atomic mass is 10.1. The zero-order valence-electron chi connectivity index (χ0n) is 10.6. The van der Waals surface area contributed by atoms with Gasteiger partial charge in [-0.25, -0.2) is 0 Å². The van der Waals surface area contributed by atoms with Crippen molar-refractivity contribution in [2.75, 3.05) is 6.61 Å². The predicted molar refractivity (Wildman–Crippen MR) is 68.7 cm³/mol. The molecule has 0 aliphatic carbocycles. The Morgan fingerprint density at radius 2 is 1.81 bits per heavy atom. The number of ether oxygens (including phenoxy) is 1. The third-order valence-electron chi connectivity index (χ3n) is 2.48. The number of nitrogens with two attached hydrogens (primary N) is 1. The first-order valence-electron chi connectivity index (χ1n) is 5.61. The fraction of sp³-hybridized carbons (Fsp3) is 0.429. The van der Waals surface area contributed by atoms with E-state index in [1.165, 1.54) is 5.57 Å². The van der Waals surface area contributed by atoms with Crippen LogP contribution in [0.5, 0.6) is 5.75 Å². The monoisotopic (exact) mass is 219 g/mol. The Morgan fingerprint density at radius 3 is 2.25 bits per heavy atom. The summed E-state index contributed by atoms with van der Waals surface area (Å²) in [5, 5.41) is 0. The summed E-state index contributed by atoms with van der Waals surface area (Å²) in [6.45, 7) is 9.47. The maximum Gasteiger partial charge on any atom is 0.125 e. The molecule has 0 atom stereocenters. The van der Waals surface area contributed by atoms with Gasteiger partial charge in [-0.05, 0) is 50.5 Å². The van der Waals surface area contributed by atoms with Gasteiger partial charge in [-0.3, -0.25) is 0 Å². The van der Waals surface area contributed by atoms with Gasteiger partial charge < -0.3 is 10.5 Å². The van der Waals surface area contributed by atoms with Gasteiger partial charge in [-0.15, -0.1) is 0 Å². The fourth-order valence-corrected chi connectivity index (χ4v) is 1.68. The van der Waals surface area contributed by atoms with Crippen molar-refractivity contribution in [3.63, 3.8) is 0 Å². The number of hydrogen-bond acceptors (Lipinski definition) is 2. The van der Waals surface area contributed by atoms with E-state index in [1.807, 2.05) is 0 Å². The van der Waals surface area contributed by atoms with Crippen molar-refractivity contribution >= 4 is 0 Å². The van der Waals surface area contributed by atoms with Crippen LogP contribution in [-0.4, -0.2) is 6.61 Å². The molecule has 2 N–H and O–H groups in total. The van der Waals surface area contributed by atoms with Gasteiger partial charge in [-0.1, -0.05) is 17.7 Å². The van der Waals surface area contributed by atoms with E-state index < -0.39 is 0 Å². The molecule has 0 heterocycles. The highest BCUT2D eigenvalue weighted by Gasteiger charge is 2.05. The molecule has 16 heavy (non-hydrogen) atoms. The van der Waals surface area contributed by atoms with E-state index in [1.54, 1.807) is 0 Å². The lowest BCUT2D eigenvalue weighted by Gasteiger charge is -2.12. The van der Waals surface area contributed by atoms with Gasteiger partial charge in [0.15, 0.2) is 0 Å². The van der Waals surface area contributed by atoms with Gasteiger partial charge in [-0.2, -0.15) is 0 Å². The van der Waals surface area contributed by atoms with Crippen molar-refractivity contribution in [2.24, 2.45) is 5.73 Å². The van der Waals surface area contributed by atoms with Crippen LogP contribution in [0.2, 0.25) is 0 Å². The molecule has 0 radical (unpaired) electrons. The Bertz CT molecular complexity index is 367. The molecule has 0 unspecified atom stereocenters. The minimum absolute atomic E-state index is 0.579. The van der Waals surface area contributed by atoms with E-state index in [9.17, 15) is 0 Å². The predicted octanol–water partition coefficient (Wildman–Crippen LogP) is 3.11. The molecule has 2 nitrogen and oxygen atoms in total. The number of aryl methyl sites for hydroxylation is 2. The summed E-state index contributed by atoms with van der Waals surface area (Å²) in [6, 6.07) is 4.18. The minimum atomic E-state index is 0.579. The summed E-state index contributed by atoms with van der Waals surface area (Å²) in [5.41, 5.74) is 10.4. The molecule has 0 saturated carbocycles. The molecule has 0 amide bonds. The molecule has 0 fully saturated rings. The quantitative estimate of drug-likeness (QED) is 0.790. The Hall–Kier alpha value is -1.28. The lowest BCUT2D eigenvalue weighted by molar-refractivity contribution is 0.356. The van der Waals surface area contributed by atoms with E-state index in [4.69, 9.17) is 10.5 Å². The Labute approximate surface area is 98.1 Å². The Balaban J connectivity index is 2.84. The molecule has 1 aromatic rings. The molecule has 0 spiro atoms. The summed E-state index contributed by atoms with van der Waals surface area (Å²) in [5.74, 6) is 0.981. The summed E-state index contributed by atoms with van der Waals surface area (Å²) >= 11 is 0. The topological polar surface area (TPSA) is 35.2 Å². The normalized spacial score (nSPS) is 10.1. The summed E-state index contributed by atoms with van der Waals surface area (Å²) in [4.78, 5) is 0. The molecule has 2 heteroatoms. The third-order valence-corrected chi connectivity index (χ3v) is 2.48. The van der Waals surface area contributed by atoms with Gasteiger partial charge in [0.05, 0.1) is 0 Å². The van der Waals surface area contributed by atoms with Crippen molar-refractivity contribution in [3.05, 3.63) is 40.5 Å². The smallest absolute Gasteiger partial charge is 0.125 e. The number of benzene rings is 1. The summed E-state index contributed by atoms with van der Waals surface area (Å²) in [7, 11) is 0. The van der Waals surface area contributed by atoms with Crippen LogP contribution >= 0.6 is 0 Å². The average Bonchev–Trinajstić information content (AvgIpc) is 2.21. The molecule has 88 valence electrons. The lowest BCUT2D eigenvalue weighted by Crippen LogP contribution is -2.02. The molecule has 0 aromatic heterocycles. The van der Waals surface area contributed by atoms with Crippen LogP contribution in [0.1, 0.15) is 30.5 Å². The maximum atomic E-state index is 5.76. The van der Waals surface area contributed by atoms with E-state index in [2.05, 4.69) is 45.9 Å². The van der Waals surface area contributed by atoms with Gasteiger partial charge in [0.2, 0.25) is 0 Å². The van der Waals surface area contributed by atoms with Crippen molar-refractivity contribution in [1.29, 1.82) is 0 Å². The average molecular weight is 219 g/mol. The number of rotatable bonds is 4. The Morgan fingerprint density at radius 1 is 1.25 bits per heavy atom. The highest BCUT2D eigenvalue weighted by Crippen LogP contribution is 2.24. The second kappa shape index (κ2) is 5.71. The van der Waals surface area contributed by atoms with Crippen LogP contribution in [0.3, 0.4) is 0 Å². The SMILES string of the molecule is CC(C)=CCOc1c(C)cc(CN)cc1C. The van der Waals surface area contributed by atoms with Crippen LogP contribution < -0.4 is 10.5 Å². The van der Waals surface area contributed by atoms with Crippen molar-refractivity contribution < 1.29 is 4.74 Å². The third kappa shape index (κ3) is 3.38. The molecule has 1 rings (SSSR count). The molecular formula is C14H21NO. The van der Waals surface area contributed by atoms with E-state index in [0.717, 1.165) is 22.4 Å². The van der Waals surface area contributed by atoms with Crippen LogP contribution in [0.15, 0.2) is 23.8 Å². The van der Waals surface area contributed by atoms with Crippen molar-refractivity contribution in [1.82, 2.24) is 0 Å². The van der Waals surface area contributed by atoms with Gasteiger partial charge in [0.25, 0.3) is 0 Å². The summed E-state index contributed by atoms with van der Waals surface area (Å²) < 4.78 is 5.76. The molecule has 0 saturated heterocycles. The minimum Gasteiger partial charge on any atom is -0.489 e. The molecule has 0 aliphatic rings. The first-order valence-corrected chi connectivity index (χ1v) is 5.61. The molecule has 0 aliphatic heterocycles. The van der Waals surface area contributed by atoms with Crippen molar-refractivity contribution in [2.45, 2.75) is 34.2 Å². The first-order chi connectivity index (χ1) is 7.54. The van der Waals surface area contributed by atoms with Crippen molar-refractivity contribution in [3.8, 4) is 5.75 Å². The molecule has 1 aromatic carbocycles. The van der Waals surface area contributed by atoms with Gasteiger partial charge in [0.1, 0.15) is 12.4 Å². The van der Waals surface area contributed by atoms with Crippen LogP contribution in [0, 0.1) is 13.8 Å². The highest BCUT2D eigenvalue weighted by molar-refractivity contribution is 5.43. The second-order valence-electron chi connectivity index (χ2n) is 4.36. The van der Waals surface area contributed by atoms with Crippen LogP contribution in [-0.2, 0) is 6.54 Å². The van der Waals surface area contributed by atoms with Gasteiger partial charge in [0, 0.05) is 6.54 Å². The molecular weight excluding hydrogens is 198 g/mol. The maximum absolute atomic E-state index is 5.76. The Kier molecular flexibility index (Phi) is 4.56. The van der Waals surface area contributed by atoms with E-state index >= 15 is 0 Å². The fourth-order valence-electron chi connectivity index (χ4n) is 1.68. The summed E-state index contributed by atoms with van der Waals surface area (Å²) in [6.07, 6.45) is 2.08. The van der Waals surface area contributed by atoms with Gasteiger partial charge >= 0.3 is 0 Å². The largest absolute Gasteiger partial charge is 0.489 e. The highest BCUT2D eigenvalue weighted by atomic mass is 16.5. The standard InChI is InChI=1S/C14H21NO/c1-10(2)5-6-16-14-11(3)7-13(9-15)8-12(14)4/h5,7-8H,6,9,15H2,1-4H3. The van der Waals surface area contributed by atoms with E-state index in [-0.39, 0.29) is 0 Å². The first kappa shape index (κ1) is 12.8. The van der Waals surface area contributed by atoms with E-state index in [0.29, 0.717) is 13.2 Å². The number of hydrogen-bond donors (Lipinski definition) is 1. The van der Waals surface area contributed by atoms with Crippen LogP contribution in [0.4, 0.5) is 0 Å². The second-order valence-corrected chi connectivity index (χ2v) is 4.36. The zero-order chi connectivity index (χ0) is 12.1. The van der Waals surface area contributed by atoms with Crippen LogP contribution in [0.25, 0.3) is 0 Å².